The SMILES string of the molecule is CCCCCC[Si](CC)(OCC)OCC. The molecule has 0 aliphatic carbocycles. The van der Waals surface area contributed by atoms with Gasteiger partial charge in [0.2, 0.25) is 0 Å². The lowest BCUT2D eigenvalue weighted by Gasteiger charge is -2.28. The summed E-state index contributed by atoms with van der Waals surface area (Å²) in [6.45, 7) is 10.2. The van der Waals surface area contributed by atoms with Crippen LogP contribution in [0.1, 0.15) is 53.4 Å². The second-order valence-electron chi connectivity index (χ2n) is 3.94. The number of rotatable bonds is 10. The average molecular weight is 232 g/mol. The molecular weight excluding hydrogens is 204 g/mol. The molecule has 0 saturated heterocycles. The molecule has 0 bridgehead atoms. The van der Waals surface area contributed by atoms with Gasteiger partial charge in [-0.15, -0.1) is 0 Å². The van der Waals surface area contributed by atoms with E-state index in [4.69, 9.17) is 8.85 Å². The van der Waals surface area contributed by atoms with Crippen LogP contribution >= 0.6 is 0 Å². The Morgan fingerprint density at radius 2 is 1.40 bits per heavy atom. The highest BCUT2D eigenvalue weighted by molar-refractivity contribution is 6.67. The fraction of sp³-hybridized carbons (Fsp3) is 1.00. The summed E-state index contributed by atoms with van der Waals surface area (Å²) in [6.07, 6.45) is 5.23. The van der Waals surface area contributed by atoms with Gasteiger partial charge in [-0.25, -0.2) is 0 Å². The first kappa shape index (κ1) is 15.1. The number of hydrogen-bond acceptors (Lipinski definition) is 2. The van der Waals surface area contributed by atoms with Gasteiger partial charge in [0.25, 0.3) is 0 Å². The van der Waals surface area contributed by atoms with Gasteiger partial charge in [-0.2, -0.15) is 0 Å². The van der Waals surface area contributed by atoms with Gasteiger partial charge in [-0.3, -0.25) is 0 Å². The van der Waals surface area contributed by atoms with Gasteiger partial charge in [-0.1, -0.05) is 39.5 Å². The lowest BCUT2D eigenvalue weighted by atomic mass is 10.2. The molecule has 92 valence electrons. The van der Waals surface area contributed by atoms with Crippen LogP contribution in [0.4, 0.5) is 0 Å². The fourth-order valence-corrected chi connectivity index (χ4v) is 4.89. The molecule has 0 rings (SSSR count). The van der Waals surface area contributed by atoms with Crippen molar-refractivity contribution in [1.82, 2.24) is 0 Å². The van der Waals surface area contributed by atoms with E-state index in [0.717, 1.165) is 19.3 Å². The lowest BCUT2D eigenvalue weighted by molar-refractivity contribution is 0.182. The molecule has 0 unspecified atom stereocenters. The van der Waals surface area contributed by atoms with Crippen LogP contribution in [0.3, 0.4) is 0 Å². The summed E-state index contributed by atoms with van der Waals surface area (Å²) < 4.78 is 11.8. The third-order valence-corrected chi connectivity index (χ3v) is 6.59. The zero-order chi connectivity index (χ0) is 11.6. The Kier molecular flexibility index (Phi) is 9.45. The largest absolute Gasteiger partial charge is 0.394 e. The molecule has 0 N–H and O–H groups in total. The van der Waals surface area contributed by atoms with Gasteiger partial charge in [0.1, 0.15) is 0 Å². The molecule has 0 atom stereocenters. The molecule has 0 aromatic rings. The molecule has 2 nitrogen and oxygen atoms in total. The first-order chi connectivity index (χ1) is 7.24. The summed E-state index contributed by atoms with van der Waals surface area (Å²) in [5.74, 6) is 0. The Bertz CT molecular complexity index is 134. The van der Waals surface area contributed by atoms with Crippen LogP contribution in [0.25, 0.3) is 0 Å². The van der Waals surface area contributed by atoms with E-state index < -0.39 is 8.56 Å². The van der Waals surface area contributed by atoms with E-state index in [0.29, 0.717) is 0 Å². The van der Waals surface area contributed by atoms with Crippen LogP contribution in [0, 0.1) is 0 Å². The third-order valence-electron chi connectivity index (χ3n) is 2.76. The molecule has 0 fully saturated rings. The molecule has 0 aromatic carbocycles. The van der Waals surface area contributed by atoms with Crippen LogP contribution in [-0.4, -0.2) is 21.8 Å². The number of unbranched alkanes of at least 4 members (excludes halogenated alkanes) is 3. The van der Waals surface area contributed by atoms with Crippen molar-refractivity contribution in [2.24, 2.45) is 0 Å². The Morgan fingerprint density at radius 3 is 1.80 bits per heavy atom. The zero-order valence-electron chi connectivity index (χ0n) is 11.0. The molecule has 0 amide bonds. The highest BCUT2D eigenvalue weighted by atomic mass is 28.4. The second-order valence-corrected chi connectivity index (χ2v) is 7.55. The highest BCUT2D eigenvalue weighted by Crippen LogP contribution is 2.22. The first-order valence-corrected chi connectivity index (χ1v) is 8.75. The molecule has 0 heterocycles. The minimum absolute atomic E-state index is 0.799. The minimum atomic E-state index is -1.82. The summed E-state index contributed by atoms with van der Waals surface area (Å²) in [5, 5.41) is 0. The van der Waals surface area contributed by atoms with Crippen molar-refractivity contribution in [1.29, 1.82) is 0 Å². The van der Waals surface area contributed by atoms with E-state index in [-0.39, 0.29) is 0 Å². The smallest absolute Gasteiger partial charge is 0.337 e. The Balaban J connectivity index is 3.96. The van der Waals surface area contributed by atoms with Crippen molar-refractivity contribution in [3.05, 3.63) is 0 Å². The van der Waals surface area contributed by atoms with Gasteiger partial charge in [-0.05, 0) is 25.9 Å². The number of hydrogen-bond donors (Lipinski definition) is 0. The van der Waals surface area contributed by atoms with Crippen molar-refractivity contribution >= 4 is 8.56 Å². The molecule has 3 heteroatoms. The minimum Gasteiger partial charge on any atom is -0.394 e. The van der Waals surface area contributed by atoms with Crippen molar-refractivity contribution in [2.75, 3.05) is 13.2 Å². The Morgan fingerprint density at radius 1 is 0.800 bits per heavy atom. The zero-order valence-corrected chi connectivity index (χ0v) is 12.0. The Labute approximate surface area is 96.6 Å². The summed E-state index contributed by atoms with van der Waals surface area (Å²) in [7, 11) is -1.82. The fourth-order valence-electron chi connectivity index (χ4n) is 1.91. The molecule has 0 radical (unpaired) electrons. The van der Waals surface area contributed by atoms with Crippen LogP contribution in [-0.2, 0) is 8.85 Å². The quantitative estimate of drug-likeness (QED) is 0.417. The van der Waals surface area contributed by atoms with Crippen molar-refractivity contribution in [3.8, 4) is 0 Å². The van der Waals surface area contributed by atoms with Gasteiger partial charge in [0, 0.05) is 13.2 Å². The van der Waals surface area contributed by atoms with Crippen LogP contribution in [0.15, 0.2) is 0 Å². The van der Waals surface area contributed by atoms with Crippen molar-refractivity contribution in [2.45, 2.75) is 65.5 Å². The molecule has 15 heavy (non-hydrogen) atoms. The summed E-state index contributed by atoms with van der Waals surface area (Å²) in [5.41, 5.74) is 0. The second kappa shape index (κ2) is 9.37. The van der Waals surface area contributed by atoms with Gasteiger partial charge in [0.05, 0.1) is 0 Å². The summed E-state index contributed by atoms with van der Waals surface area (Å²) in [6, 6.07) is 2.26. The molecule has 0 saturated carbocycles. The highest BCUT2D eigenvalue weighted by Gasteiger charge is 2.33. The molecule has 0 aliphatic rings. The van der Waals surface area contributed by atoms with Crippen LogP contribution < -0.4 is 0 Å². The van der Waals surface area contributed by atoms with Crippen molar-refractivity contribution < 1.29 is 8.85 Å². The summed E-state index contributed by atoms with van der Waals surface area (Å²) >= 11 is 0. The van der Waals surface area contributed by atoms with Gasteiger partial charge < -0.3 is 8.85 Å². The van der Waals surface area contributed by atoms with Crippen LogP contribution in [0.5, 0.6) is 0 Å². The van der Waals surface area contributed by atoms with E-state index >= 15 is 0 Å². The van der Waals surface area contributed by atoms with E-state index in [9.17, 15) is 0 Å². The average Bonchev–Trinajstić information content (AvgIpc) is 2.25. The van der Waals surface area contributed by atoms with Crippen molar-refractivity contribution in [3.63, 3.8) is 0 Å². The van der Waals surface area contributed by atoms with Gasteiger partial charge in [0.15, 0.2) is 0 Å². The van der Waals surface area contributed by atoms with E-state index in [2.05, 4.69) is 27.7 Å². The molecule has 0 spiro atoms. The standard InChI is InChI=1S/C12H28O2Si/c1-5-9-10-11-12-15(8-4,13-6-2)14-7-3/h5-12H2,1-4H3. The maximum absolute atomic E-state index is 5.92. The first-order valence-electron chi connectivity index (χ1n) is 6.52. The molecule has 0 aromatic heterocycles. The summed E-state index contributed by atoms with van der Waals surface area (Å²) in [4.78, 5) is 0. The van der Waals surface area contributed by atoms with E-state index in [1.54, 1.807) is 0 Å². The van der Waals surface area contributed by atoms with E-state index in [1.165, 1.54) is 31.7 Å². The normalized spacial score (nSPS) is 12.0. The third kappa shape index (κ3) is 6.33. The van der Waals surface area contributed by atoms with Crippen LogP contribution in [0.2, 0.25) is 12.1 Å². The van der Waals surface area contributed by atoms with E-state index in [1.807, 2.05) is 0 Å². The topological polar surface area (TPSA) is 18.5 Å². The monoisotopic (exact) mass is 232 g/mol. The predicted octanol–water partition coefficient (Wildman–Crippen LogP) is 4.10. The lowest BCUT2D eigenvalue weighted by Crippen LogP contribution is -2.41. The Hall–Kier alpha value is 0.137. The molecule has 0 aliphatic heterocycles. The maximum atomic E-state index is 5.92. The predicted molar refractivity (Wildman–Crippen MR) is 68.4 cm³/mol. The van der Waals surface area contributed by atoms with Gasteiger partial charge >= 0.3 is 8.56 Å². The maximum Gasteiger partial charge on any atom is 0.337 e. The molecular formula is C12H28O2Si.